The molecular formula is C14H10ClF2O. The molecule has 0 aliphatic heterocycles. The summed E-state index contributed by atoms with van der Waals surface area (Å²) in [5, 5.41) is 11.0. The Balaban J connectivity index is 2.62. The fraction of sp³-hybridized carbons (Fsp3) is 0.143. The van der Waals surface area contributed by atoms with Gasteiger partial charge >= 0.3 is 0 Å². The first-order chi connectivity index (χ1) is 8.65. The third-order valence-corrected chi connectivity index (χ3v) is 2.97. The van der Waals surface area contributed by atoms with Crippen molar-refractivity contribution in [2.24, 2.45) is 0 Å². The van der Waals surface area contributed by atoms with E-state index in [1.165, 1.54) is 0 Å². The highest BCUT2D eigenvalue weighted by molar-refractivity contribution is 6.17. The van der Waals surface area contributed by atoms with Gasteiger partial charge in [-0.15, -0.1) is 11.6 Å². The third-order valence-electron chi connectivity index (χ3n) is 2.66. The number of alkyl halides is 1. The van der Waals surface area contributed by atoms with E-state index in [0.29, 0.717) is 11.4 Å². The number of benzene rings is 2. The predicted molar refractivity (Wildman–Crippen MR) is 65.7 cm³/mol. The maximum atomic E-state index is 13.8. The summed E-state index contributed by atoms with van der Waals surface area (Å²) in [5.41, 5.74) is 1.61. The fourth-order valence-electron chi connectivity index (χ4n) is 1.87. The number of rotatable bonds is 3. The maximum absolute atomic E-state index is 13.8. The summed E-state index contributed by atoms with van der Waals surface area (Å²) >= 11 is 5.71. The van der Waals surface area contributed by atoms with Crippen molar-refractivity contribution in [1.82, 2.24) is 0 Å². The van der Waals surface area contributed by atoms with Crippen molar-refractivity contribution < 1.29 is 13.9 Å². The van der Waals surface area contributed by atoms with Gasteiger partial charge in [0.1, 0.15) is 18.2 Å². The minimum atomic E-state index is -0.740. The Hall–Kier alpha value is -1.45. The molecule has 0 unspecified atom stereocenters. The second-order valence-corrected chi connectivity index (χ2v) is 4.17. The van der Waals surface area contributed by atoms with Gasteiger partial charge in [-0.1, -0.05) is 18.2 Å². The van der Waals surface area contributed by atoms with Crippen LogP contribution in [0.5, 0.6) is 0 Å². The molecule has 0 N–H and O–H groups in total. The van der Waals surface area contributed by atoms with Crippen LogP contribution in [0.2, 0.25) is 0 Å². The minimum Gasteiger partial charge on any atom is -0.232 e. The van der Waals surface area contributed by atoms with Crippen molar-refractivity contribution in [2.45, 2.75) is 12.5 Å². The smallest absolute Gasteiger partial charge is 0.134 e. The molecule has 2 aromatic carbocycles. The Morgan fingerprint density at radius 1 is 1.11 bits per heavy atom. The van der Waals surface area contributed by atoms with Gasteiger partial charge in [0.15, 0.2) is 0 Å². The molecule has 18 heavy (non-hydrogen) atoms. The molecule has 1 radical (unpaired) electrons. The minimum absolute atomic E-state index is 0.110. The molecule has 4 heteroatoms. The summed E-state index contributed by atoms with van der Waals surface area (Å²) in [4.78, 5) is 0. The zero-order valence-corrected chi connectivity index (χ0v) is 10.2. The van der Waals surface area contributed by atoms with Crippen molar-refractivity contribution in [2.75, 3.05) is 0 Å². The largest absolute Gasteiger partial charge is 0.232 e. The van der Waals surface area contributed by atoms with Gasteiger partial charge in [0.2, 0.25) is 0 Å². The average molecular weight is 268 g/mol. The van der Waals surface area contributed by atoms with Gasteiger partial charge in [0.25, 0.3) is 0 Å². The van der Waals surface area contributed by atoms with Gasteiger partial charge in [-0.3, -0.25) is 0 Å². The number of halogens is 3. The lowest BCUT2D eigenvalue weighted by atomic mass is 9.98. The Kier molecular flexibility index (Phi) is 3.94. The Labute approximate surface area is 109 Å². The topological polar surface area (TPSA) is 19.9 Å². The molecule has 0 bridgehead atoms. The standard InChI is InChI=1S/C14H10ClF2O/c15-7-9-2-1-3-10(4-9)14-11(8-18)5-12(16)6-13(14)17/h1-6H,7-8H2. The normalized spacial score (nSPS) is 10.7. The Morgan fingerprint density at radius 2 is 1.89 bits per heavy atom. The van der Waals surface area contributed by atoms with Gasteiger partial charge in [0, 0.05) is 17.5 Å². The molecule has 0 aliphatic rings. The molecule has 1 nitrogen and oxygen atoms in total. The second-order valence-electron chi connectivity index (χ2n) is 3.90. The van der Waals surface area contributed by atoms with Crippen LogP contribution < -0.4 is 0 Å². The molecular weight excluding hydrogens is 258 g/mol. The van der Waals surface area contributed by atoms with E-state index in [2.05, 4.69) is 0 Å². The Bertz CT molecular complexity index is 570. The van der Waals surface area contributed by atoms with Crippen LogP contribution in [0.25, 0.3) is 11.1 Å². The van der Waals surface area contributed by atoms with Crippen LogP contribution in [-0.4, -0.2) is 0 Å². The highest BCUT2D eigenvalue weighted by Gasteiger charge is 2.13. The van der Waals surface area contributed by atoms with E-state index in [9.17, 15) is 13.9 Å². The predicted octanol–water partition coefficient (Wildman–Crippen LogP) is 4.30. The molecule has 0 aliphatic carbocycles. The van der Waals surface area contributed by atoms with E-state index in [-0.39, 0.29) is 11.1 Å². The summed E-state index contributed by atoms with van der Waals surface area (Å²) in [6.07, 6.45) is 0. The zero-order chi connectivity index (χ0) is 13.1. The lowest BCUT2D eigenvalue weighted by Crippen LogP contribution is -1.95. The molecule has 2 rings (SSSR count). The zero-order valence-electron chi connectivity index (χ0n) is 9.42. The highest BCUT2D eigenvalue weighted by atomic mass is 35.5. The number of hydrogen-bond acceptors (Lipinski definition) is 0. The molecule has 93 valence electrons. The third kappa shape index (κ3) is 2.52. The van der Waals surface area contributed by atoms with Crippen LogP contribution in [0, 0.1) is 11.6 Å². The van der Waals surface area contributed by atoms with E-state index in [4.69, 9.17) is 11.6 Å². The maximum Gasteiger partial charge on any atom is 0.134 e. The van der Waals surface area contributed by atoms with Crippen LogP contribution in [0.4, 0.5) is 8.78 Å². The fourth-order valence-corrected chi connectivity index (χ4v) is 2.04. The number of hydrogen-bond donors (Lipinski definition) is 0. The van der Waals surface area contributed by atoms with Crippen molar-refractivity contribution >= 4 is 11.6 Å². The van der Waals surface area contributed by atoms with Crippen molar-refractivity contribution in [1.29, 1.82) is 0 Å². The second kappa shape index (κ2) is 5.46. The molecule has 0 spiro atoms. The van der Waals surface area contributed by atoms with Gasteiger partial charge in [-0.05, 0) is 28.8 Å². The molecule has 0 atom stereocenters. The van der Waals surface area contributed by atoms with Crippen molar-refractivity contribution in [3.63, 3.8) is 0 Å². The van der Waals surface area contributed by atoms with Gasteiger partial charge in [0.05, 0.1) is 0 Å². The van der Waals surface area contributed by atoms with Crippen LogP contribution in [-0.2, 0) is 17.6 Å². The molecule has 0 amide bonds. The molecule has 0 saturated carbocycles. The molecule has 0 saturated heterocycles. The summed E-state index contributed by atoms with van der Waals surface area (Å²) < 4.78 is 26.9. The molecule has 2 aromatic rings. The summed E-state index contributed by atoms with van der Waals surface area (Å²) in [6.45, 7) is -0.672. The van der Waals surface area contributed by atoms with E-state index >= 15 is 0 Å². The summed E-state index contributed by atoms with van der Waals surface area (Å²) in [5.74, 6) is -1.17. The monoisotopic (exact) mass is 267 g/mol. The summed E-state index contributed by atoms with van der Waals surface area (Å²) in [6, 6.07) is 8.74. The van der Waals surface area contributed by atoms with Crippen molar-refractivity contribution in [3.8, 4) is 11.1 Å². The average Bonchev–Trinajstić information content (AvgIpc) is 2.37. The summed E-state index contributed by atoms with van der Waals surface area (Å²) in [7, 11) is 0. The van der Waals surface area contributed by atoms with Crippen molar-refractivity contribution in [3.05, 3.63) is 59.2 Å². The Morgan fingerprint density at radius 3 is 2.56 bits per heavy atom. The van der Waals surface area contributed by atoms with Gasteiger partial charge in [-0.2, -0.15) is 0 Å². The van der Waals surface area contributed by atoms with Gasteiger partial charge < -0.3 is 0 Å². The van der Waals surface area contributed by atoms with Crippen LogP contribution >= 0.6 is 11.6 Å². The van der Waals surface area contributed by atoms with E-state index in [0.717, 1.165) is 17.7 Å². The SMILES string of the molecule is [O]Cc1cc(F)cc(F)c1-c1cccc(CCl)c1. The first-order valence-electron chi connectivity index (χ1n) is 5.37. The molecule has 0 aromatic heterocycles. The van der Waals surface area contributed by atoms with Crippen LogP contribution in [0.1, 0.15) is 11.1 Å². The van der Waals surface area contributed by atoms with E-state index in [1.807, 2.05) is 0 Å². The van der Waals surface area contributed by atoms with Gasteiger partial charge in [-0.25, -0.2) is 13.9 Å². The molecule has 0 fully saturated rings. The first-order valence-corrected chi connectivity index (χ1v) is 5.90. The van der Waals surface area contributed by atoms with Crippen LogP contribution in [0.15, 0.2) is 36.4 Å². The van der Waals surface area contributed by atoms with Crippen LogP contribution in [0.3, 0.4) is 0 Å². The first kappa shape index (κ1) is 13.0. The van der Waals surface area contributed by atoms with E-state index in [1.54, 1.807) is 24.3 Å². The quantitative estimate of drug-likeness (QED) is 0.739. The molecule has 0 heterocycles. The highest BCUT2D eigenvalue weighted by Crippen LogP contribution is 2.29. The lowest BCUT2D eigenvalue weighted by Gasteiger charge is -2.10. The lowest BCUT2D eigenvalue weighted by molar-refractivity contribution is 0.177. The van der Waals surface area contributed by atoms with E-state index < -0.39 is 18.2 Å².